The van der Waals surface area contributed by atoms with Crippen molar-refractivity contribution < 1.29 is 28.2 Å². The van der Waals surface area contributed by atoms with E-state index >= 15 is 0 Å². The quantitative estimate of drug-likeness (QED) is 0.424. The molecule has 0 aliphatic carbocycles. The van der Waals surface area contributed by atoms with Gasteiger partial charge in [-0.1, -0.05) is 6.07 Å². The molecule has 0 saturated carbocycles. The van der Waals surface area contributed by atoms with Gasteiger partial charge in [-0.2, -0.15) is 0 Å². The van der Waals surface area contributed by atoms with Gasteiger partial charge in [0.1, 0.15) is 23.0 Å². The van der Waals surface area contributed by atoms with Crippen LogP contribution >= 0.6 is 0 Å². The first-order valence-electron chi connectivity index (χ1n) is 10.5. The van der Waals surface area contributed by atoms with Gasteiger partial charge in [0, 0.05) is 30.4 Å². The summed E-state index contributed by atoms with van der Waals surface area (Å²) in [5.41, 5.74) is 1.20. The first-order valence-corrected chi connectivity index (χ1v) is 10.5. The zero-order valence-electron chi connectivity index (χ0n) is 18.6. The fourth-order valence-corrected chi connectivity index (χ4v) is 3.88. The van der Waals surface area contributed by atoms with Gasteiger partial charge in [-0.15, -0.1) is 0 Å². The number of ether oxygens (including phenoxy) is 4. The van der Waals surface area contributed by atoms with E-state index < -0.39 is 17.3 Å². The van der Waals surface area contributed by atoms with E-state index in [0.717, 1.165) is 16.5 Å². The molecule has 0 fully saturated rings. The summed E-state index contributed by atoms with van der Waals surface area (Å²) >= 11 is 0. The average molecular weight is 438 g/mol. The summed E-state index contributed by atoms with van der Waals surface area (Å²) in [7, 11) is 3.16. The number of esters is 1. The van der Waals surface area contributed by atoms with E-state index in [2.05, 4.69) is 0 Å². The van der Waals surface area contributed by atoms with E-state index in [1.807, 2.05) is 38.1 Å². The number of hydrogen-bond donors (Lipinski definition) is 0. The van der Waals surface area contributed by atoms with Gasteiger partial charge in [-0.3, -0.25) is 4.79 Å². The topological polar surface area (TPSA) is 84.2 Å². The molecular formula is C25H26O7. The van der Waals surface area contributed by atoms with E-state index in [0.29, 0.717) is 35.7 Å². The molecule has 1 atom stereocenters. The molecule has 2 heterocycles. The van der Waals surface area contributed by atoms with Crippen molar-refractivity contribution in [2.75, 3.05) is 14.2 Å². The molecule has 32 heavy (non-hydrogen) atoms. The molecule has 1 aliphatic heterocycles. The van der Waals surface area contributed by atoms with E-state index in [1.54, 1.807) is 26.4 Å². The molecule has 4 rings (SSSR count). The molecule has 1 aromatic heterocycles. The highest BCUT2D eigenvalue weighted by atomic mass is 16.6. The van der Waals surface area contributed by atoms with Crippen LogP contribution in [0, 0.1) is 0 Å². The highest BCUT2D eigenvalue weighted by Crippen LogP contribution is 2.37. The molecule has 2 aromatic carbocycles. The molecule has 7 heteroatoms. The molecule has 0 bridgehead atoms. The summed E-state index contributed by atoms with van der Waals surface area (Å²) in [6.45, 7) is 3.77. The summed E-state index contributed by atoms with van der Waals surface area (Å²) in [6.07, 6.45) is 0.825. The minimum Gasteiger partial charge on any atom is -0.493 e. The van der Waals surface area contributed by atoms with Crippen LogP contribution in [-0.4, -0.2) is 31.9 Å². The van der Waals surface area contributed by atoms with Gasteiger partial charge in [-0.25, -0.2) is 4.79 Å². The molecule has 0 amide bonds. The van der Waals surface area contributed by atoms with Crippen molar-refractivity contribution in [2.24, 2.45) is 0 Å². The lowest BCUT2D eigenvalue weighted by atomic mass is 9.90. The van der Waals surface area contributed by atoms with E-state index in [1.165, 1.54) is 6.07 Å². The maximum Gasteiger partial charge on any atom is 0.336 e. The van der Waals surface area contributed by atoms with Gasteiger partial charge in [0.15, 0.2) is 11.5 Å². The first-order chi connectivity index (χ1) is 15.3. The van der Waals surface area contributed by atoms with Gasteiger partial charge in [-0.05, 0) is 55.7 Å². The predicted octanol–water partition coefficient (Wildman–Crippen LogP) is 4.07. The number of fused-ring (bicyclic) bond motifs is 2. The lowest BCUT2D eigenvalue weighted by Gasteiger charge is -2.39. The zero-order valence-corrected chi connectivity index (χ0v) is 18.6. The normalized spacial score (nSPS) is 16.7. The second kappa shape index (κ2) is 8.57. The van der Waals surface area contributed by atoms with Gasteiger partial charge in [0.25, 0.3) is 0 Å². The Morgan fingerprint density at radius 3 is 2.59 bits per heavy atom. The molecule has 1 aliphatic rings. The zero-order chi connectivity index (χ0) is 22.9. The van der Waals surface area contributed by atoms with Crippen LogP contribution in [0.1, 0.15) is 31.4 Å². The largest absolute Gasteiger partial charge is 0.493 e. The minimum absolute atomic E-state index is 0.234. The Kier molecular flexibility index (Phi) is 5.82. The van der Waals surface area contributed by atoms with Crippen molar-refractivity contribution in [3.8, 4) is 17.2 Å². The van der Waals surface area contributed by atoms with Crippen LogP contribution in [-0.2, 0) is 22.4 Å². The van der Waals surface area contributed by atoms with Gasteiger partial charge < -0.3 is 23.4 Å². The average Bonchev–Trinajstić information content (AvgIpc) is 2.76. The summed E-state index contributed by atoms with van der Waals surface area (Å²) < 4.78 is 27.8. The van der Waals surface area contributed by atoms with Crippen LogP contribution in [0.3, 0.4) is 0 Å². The molecule has 0 radical (unpaired) electrons. The Morgan fingerprint density at radius 1 is 1.06 bits per heavy atom. The second-order valence-electron chi connectivity index (χ2n) is 8.33. The summed E-state index contributed by atoms with van der Waals surface area (Å²) in [5, 5.41) is 0.796. The number of aryl methyl sites for hydroxylation is 1. The van der Waals surface area contributed by atoms with Crippen LogP contribution < -0.4 is 19.8 Å². The third kappa shape index (κ3) is 4.42. The summed E-state index contributed by atoms with van der Waals surface area (Å²) in [5.74, 6) is 1.61. The van der Waals surface area contributed by atoms with Crippen LogP contribution in [0.2, 0.25) is 0 Å². The van der Waals surface area contributed by atoms with Crippen molar-refractivity contribution in [1.82, 2.24) is 0 Å². The fraction of sp³-hybridized carbons (Fsp3) is 0.360. The van der Waals surface area contributed by atoms with Crippen LogP contribution in [0.15, 0.2) is 51.7 Å². The number of hydrogen-bond acceptors (Lipinski definition) is 7. The highest BCUT2D eigenvalue weighted by molar-refractivity contribution is 5.79. The Labute approximate surface area is 185 Å². The number of carbonyl (C=O) groups excluding carboxylic acids is 1. The molecule has 0 saturated heterocycles. The summed E-state index contributed by atoms with van der Waals surface area (Å²) in [4.78, 5) is 24.1. The van der Waals surface area contributed by atoms with E-state index in [-0.39, 0.29) is 12.4 Å². The van der Waals surface area contributed by atoms with E-state index in [4.69, 9.17) is 23.4 Å². The van der Waals surface area contributed by atoms with Crippen molar-refractivity contribution in [1.29, 1.82) is 0 Å². The van der Waals surface area contributed by atoms with Crippen molar-refractivity contribution in [3.63, 3.8) is 0 Å². The third-order valence-electron chi connectivity index (χ3n) is 5.70. The van der Waals surface area contributed by atoms with Crippen molar-refractivity contribution in [3.05, 3.63) is 64.0 Å². The molecule has 0 spiro atoms. The minimum atomic E-state index is -0.727. The Hall–Kier alpha value is -3.48. The van der Waals surface area contributed by atoms with Gasteiger partial charge in [0.05, 0.1) is 14.2 Å². The van der Waals surface area contributed by atoms with E-state index in [9.17, 15) is 9.59 Å². The van der Waals surface area contributed by atoms with Gasteiger partial charge >= 0.3 is 11.6 Å². The highest BCUT2D eigenvalue weighted by Gasteiger charge is 2.40. The third-order valence-corrected chi connectivity index (χ3v) is 5.70. The number of benzene rings is 2. The Bertz CT molecular complexity index is 1210. The SMILES string of the molecule is COc1ccc(CCC(=O)OC2Cc3cc4ccc(=O)oc4cc3OC2(C)C)cc1OC. The standard InChI is InChI=1S/C25H26O7/c1-25(2)22(13-17-12-16-7-10-23(26)30-19(16)14-20(17)32-25)31-24(27)9-6-15-5-8-18(28-3)21(11-15)29-4/h5,7-8,10-12,14,22H,6,9,13H2,1-4H3. The Balaban J connectivity index is 1.45. The van der Waals surface area contributed by atoms with Crippen molar-refractivity contribution >= 4 is 16.9 Å². The molecule has 7 nitrogen and oxygen atoms in total. The van der Waals surface area contributed by atoms with Crippen LogP contribution in [0.4, 0.5) is 0 Å². The first kappa shape index (κ1) is 21.7. The maximum atomic E-state index is 12.6. The number of carbonyl (C=O) groups is 1. The molecule has 0 N–H and O–H groups in total. The predicted molar refractivity (Wildman–Crippen MR) is 119 cm³/mol. The second-order valence-corrected chi connectivity index (χ2v) is 8.33. The lowest BCUT2D eigenvalue weighted by molar-refractivity contribution is -0.161. The van der Waals surface area contributed by atoms with Gasteiger partial charge in [0.2, 0.25) is 0 Å². The molecule has 3 aromatic rings. The maximum absolute atomic E-state index is 12.6. The molecular weight excluding hydrogens is 412 g/mol. The number of rotatable bonds is 6. The van der Waals surface area contributed by atoms with Crippen molar-refractivity contribution in [2.45, 2.75) is 44.8 Å². The molecule has 168 valence electrons. The monoisotopic (exact) mass is 438 g/mol. The lowest BCUT2D eigenvalue weighted by Crippen LogP contribution is -2.48. The van der Waals surface area contributed by atoms with Crippen LogP contribution in [0.5, 0.6) is 17.2 Å². The summed E-state index contributed by atoms with van der Waals surface area (Å²) in [6, 6.07) is 12.3. The number of methoxy groups -OCH3 is 2. The molecule has 1 unspecified atom stereocenters. The van der Waals surface area contributed by atoms with Crippen LogP contribution in [0.25, 0.3) is 11.0 Å². The fourth-order valence-electron chi connectivity index (χ4n) is 3.88. The smallest absolute Gasteiger partial charge is 0.336 e. The Morgan fingerprint density at radius 2 is 1.84 bits per heavy atom.